The maximum atomic E-state index is 13.3. The zero-order chi connectivity index (χ0) is 23.0. The lowest BCUT2D eigenvalue weighted by atomic mass is 10.0. The Bertz CT molecular complexity index is 1130. The van der Waals surface area contributed by atoms with Crippen LogP contribution in [0, 0.1) is 13.8 Å². The Kier molecular flexibility index (Phi) is 5.94. The Morgan fingerprint density at radius 3 is 2.62 bits per heavy atom. The van der Waals surface area contributed by atoms with Crippen LogP contribution in [0.4, 0.5) is 24.7 Å². The number of alkyl halides is 3. The van der Waals surface area contributed by atoms with Gasteiger partial charge in [-0.15, -0.1) is 5.10 Å². The first-order chi connectivity index (χ1) is 15.2. The first kappa shape index (κ1) is 22.3. The number of nitrogens with one attached hydrogen (secondary N) is 1. The molecule has 4 rings (SSSR count). The molecule has 0 aliphatic carbocycles. The number of hydrogen-bond donors (Lipinski definition) is 1. The number of benzene rings is 1. The van der Waals surface area contributed by atoms with E-state index in [1.807, 2.05) is 26.1 Å². The van der Waals surface area contributed by atoms with E-state index in [-0.39, 0.29) is 6.10 Å². The van der Waals surface area contributed by atoms with Crippen LogP contribution in [0.25, 0.3) is 10.9 Å². The molecule has 6 nitrogen and oxygen atoms in total. The van der Waals surface area contributed by atoms with Gasteiger partial charge in [0, 0.05) is 25.6 Å². The first-order valence-electron chi connectivity index (χ1n) is 10.5. The van der Waals surface area contributed by atoms with Gasteiger partial charge in [0.1, 0.15) is 0 Å². The topological polar surface area (TPSA) is 63.2 Å². The van der Waals surface area contributed by atoms with Crippen LogP contribution < -0.4 is 10.2 Å². The molecule has 0 spiro atoms. The highest BCUT2D eigenvalue weighted by Gasteiger charge is 2.31. The van der Waals surface area contributed by atoms with Crippen molar-refractivity contribution in [1.82, 2.24) is 15.2 Å². The highest BCUT2D eigenvalue weighted by Crippen LogP contribution is 2.34. The van der Waals surface area contributed by atoms with Gasteiger partial charge in [0.15, 0.2) is 5.82 Å². The fraction of sp³-hybridized carbons (Fsp3) is 0.435. The number of halogens is 3. The van der Waals surface area contributed by atoms with Gasteiger partial charge in [-0.3, -0.25) is 4.98 Å². The number of fused-ring (bicyclic) bond motifs is 1. The van der Waals surface area contributed by atoms with Crippen molar-refractivity contribution in [1.29, 1.82) is 0 Å². The van der Waals surface area contributed by atoms with E-state index in [9.17, 15) is 13.2 Å². The number of aryl methyl sites for hydroxylation is 2. The fourth-order valence-corrected chi connectivity index (χ4v) is 4.10. The Labute approximate surface area is 184 Å². The van der Waals surface area contributed by atoms with E-state index in [0.717, 1.165) is 36.7 Å². The van der Waals surface area contributed by atoms with Crippen molar-refractivity contribution in [3.8, 4) is 0 Å². The molecule has 0 bridgehead atoms. The van der Waals surface area contributed by atoms with Crippen molar-refractivity contribution in [2.45, 2.75) is 45.5 Å². The minimum Gasteiger partial charge on any atom is -0.380 e. The molecule has 170 valence electrons. The van der Waals surface area contributed by atoms with Crippen LogP contribution >= 0.6 is 0 Å². The Hall–Kier alpha value is -2.94. The molecule has 1 fully saturated rings. The zero-order valence-corrected chi connectivity index (χ0v) is 18.5. The number of methoxy groups -OCH3 is 1. The average molecular weight is 445 g/mol. The number of nitrogens with zero attached hydrogens (tertiary/aromatic N) is 4. The number of anilines is 2. The Morgan fingerprint density at radius 1 is 1.16 bits per heavy atom. The molecule has 0 amide bonds. The summed E-state index contributed by atoms with van der Waals surface area (Å²) >= 11 is 0. The molecule has 3 heterocycles. The summed E-state index contributed by atoms with van der Waals surface area (Å²) in [7, 11) is 1.71. The molecular weight excluding hydrogens is 419 g/mol. The molecule has 2 aromatic heterocycles. The second-order valence-corrected chi connectivity index (χ2v) is 8.31. The molecule has 32 heavy (non-hydrogen) atoms. The average Bonchev–Trinajstić information content (AvgIpc) is 3.24. The molecule has 1 saturated heterocycles. The van der Waals surface area contributed by atoms with Gasteiger partial charge < -0.3 is 15.0 Å². The molecular formula is C23H26F3N5O. The van der Waals surface area contributed by atoms with Crippen LogP contribution in [-0.4, -0.2) is 41.5 Å². The second-order valence-electron chi connectivity index (χ2n) is 8.31. The Morgan fingerprint density at radius 2 is 1.94 bits per heavy atom. The van der Waals surface area contributed by atoms with Crippen LogP contribution in [0.5, 0.6) is 0 Å². The van der Waals surface area contributed by atoms with E-state index in [1.54, 1.807) is 20.1 Å². The number of ether oxygens (including phenoxy) is 1. The largest absolute Gasteiger partial charge is 0.416 e. The second kappa shape index (κ2) is 8.54. The monoisotopic (exact) mass is 445 g/mol. The quantitative estimate of drug-likeness (QED) is 0.592. The number of rotatable bonds is 5. The van der Waals surface area contributed by atoms with Crippen LogP contribution in [0.15, 0.2) is 30.5 Å². The number of aromatic nitrogens is 3. The fourth-order valence-electron chi connectivity index (χ4n) is 4.10. The van der Waals surface area contributed by atoms with E-state index >= 15 is 0 Å². The molecule has 0 radical (unpaired) electrons. The normalized spacial score (nSPS) is 17.7. The highest BCUT2D eigenvalue weighted by molar-refractivity contribution is 5.92. The van der Waals surface area contributed by atoms with E-state index < -0.39 is 17.8 Å². The lowest BCUT2D eigenvalue weighted by molar-refractivity contribution is -0.137. The van der Waals surface area contributed by atoms with Gasteiger partial charge in [-0.05, 0) is 51.0 Å². The summed E-state index contributed by atoms with van der Waals surface area (Å²) in [5.74, 6) is 0.491. The zero-order valence-electron chi connectivity index (χ0n) is 18.5. The standard InChI is InChI=1S/C23H26F3N5O/c1-13-7-16(9-17(8-13)23(24,25)26)14(2)28-22-20-10-18(31-6-5-19(12-31)32-4)11-27-21(20)15(3)29-30-22/h7-11,14,19H,5-6,12H2,1-4H3,(H,28,30)/t14-,19+/m1/s1. The highest BCUT2D eigenvalue weighted by atomic mass is 19.4. The van der Waals surface area contributed by atoms with E-state index in [4.69, 9.17) is 4.74 Å². The molecule has 0 saturated carbocycles. The van der Waals surface area contributed by atoms with E-state index in [1.165, 1.54) is 6.07 Å². The summed E-state index contributed by atoms with van der Waals surface area (Å²) in [4.78, 5) is 6.81. The maximum absolute atomic E-state index is 13.3. The molecule has 9 heteroatoms. The van der Waals surface area contributed by atoms with Gasteiger partial charge in [-0.1, -0.05) is 11.6 Å². The molecule has 1 aliphatic heterocycles. The maximum Gasteiger partial charge on any atom is 0.416 e. The van der Waals surface area contributed by atoms with Gasteiger partial charge in [-0.25, -0.2) is 0 Å². The number of hydrogen-bond acceptors (Lipinski definition) is 6. The van der Waals surface area contributed by atoms with Gasteiger partial charge in [0.05, 0.1) is 40.8 Å². The summed E-state index contributed by atoms with van der Waals surface area (Å²) < 4.78 is 45.3. The van der Waals surface area contributed by atoms with Crippen molar-refractivity contribution in [2.75, 3.05) is 30.4 Å². The third-order valence-electron chi connectivity index (χ3n) is 5.89. The minimum atomic E-state index is -4.40. The van der Waals surface area contributed by atoms with Crippen LogP contribution in [0.1, 0.15) is 41.8 Å². The van der Waals surface area contributed by atoms with Gasteiger partial charge in [0.25, 0.3) is 0 Å². The van der Waals surface area contributed by atoms with Crippen molar-refractivity contribution in [2.24, 2.45) is 0 Å². The SMILES string of the molecule is CO[C@H]1CCN(c2cnc3c(C)nnc(N[C@H](C)c4cc(C)cc(C(F)(F)F)c4)c3c2)C1. The molecule has 1 aromatic carbocycles. The molecule has 1 aliphatic rings. The molecule has 2 atom stereocenters. The summed E-state index contributed by atoms with van der Waals surface area (Å²) in [5.41, 5.74) is 2.77. The predicted octanol–water partition coefficient (Wildman–Crippen LogP) is 5.06. The molecule has 1 N–H and O–H groups in total. The summed E-state index contributed by atoms with van der Waals surface area (Å²) in [6, 6.07) is 5.67. The van der Waals surface area contributed by atoms with Crippen molar-refractivity contribution in [3.63, 3.8) is 0 Å². The lowest BCUT2D eigenvalue weighted by Crippen LogP contribution is -2.22. The van der Waals surface area contributed by atoms with Crippen LogP contribution in [0.2, 0.25) is 0 Å². The van der Waals surface area contributed by atoms with Crippen molar-refractivity contribution in [3.05, 3.63) is 52.8 Å². The van der Waals surface area contributed by atoms with Gasteiger partial charge in [0.2, 0.25) is 0 Å². The number of pyridine rings is 1. The third-order valence-corrected chi connectivity index (χ3v) is 5.89. The smallest absolute Gasteiger partial charge is 0.380 e. The summed E-state index contributed by atoms with van der Waals surface area (Å²) in [6.07, 6.45) is -1.45. The predicted molar refractivity (Wildman–Crippen MR) is 118 cm³/mol. The van der Waals surface area contributed by atoms with Crippen molar-refractivity contribution < 1.29 is 17.9 Å². The molecule has 3 aromatic rings. The van der Waals surface area contributed by atoms with Crippen LogP contribution in [0.3, 0.4) is 0 Å². The summed E-state index contributed by atoms with van der Waals surface area (Å²) in [6.45, 7) is 6.95. The third kappa shape index (κ3) is 4.48. The minimum absolute atomic E-state index is 0.185. The van der Waals surface area contributed by atoms with Crippen LogP contribution in [-0.2, 0) is 10.9 Å². The molecule has 0 unspecified atom stereocenters. The van der Waals surface area contributed by atoms with E-state index in [0.29, 0.717) is 28.2 Å². The Balaban J connectivity index is 1.68. The van der Waals surface area contributed by atoms with Gasteiger partial charge in [-0.2, -0.15) is 18.3 Å². The first-order valence-corrected chi connectivity index (χ1v) is 10.5. The van der Waals surface area contributed by atoms with E-state index in [2.05, 4.69) is 25.4 Å². The van der Waals surface area contributed by atoms with Crippen molar-refractivity contribution >= 4 is 22.4 Å². The summed E-state index contributed by atoms with van der Waals surface area (Å²) in [5, 5.41) is 12.5. The lowest BCUT2D eigenvalue weighted by Gasteiger charge is -2.21. The van der Waals surface area contributed by atoms with Gasteiger partial charge >= 0.3 is 6.18 Å².